The first-order valence-electron chi connectivity index (χ1n) is 11.9. The molecule has 1 fully saturated rings. The van der Waals surface area contributed by atoms with Gasteiger partial charge < -0.3 is 0 Å². The lowest BCUT2D eigenvalue weighted by Crippen LogP contribution is -2.67. The first-order valence-corrected chi connectivity index (χ1v) is 11.9. The molecule has 5 atom stereocenters. The zero-order chi connectivity index (χ0) is 21.6. The summed E-state index contributed by atoms with van der Waals surface area (Å²) in [6.45, 7) is 35.1. The van der Waals surface area contributed by atoms with E-state index in [4.69, 9.17) is 0 Å². The molecule has 1 saturated carbocycles. The maximum atomic E-state index is 2.61. The summed E-state index contributed by atoms with van der Waals surface area (Å²) in [5.74, 6) is 4.69. The normalized spacial score (nSPS) is 31.1. The van der Waals surface area contributed by atoms with Crippen molar-refractivity contribution in [1.29, 1.82) is 0 Å². The fraction of sp³-hybridized carbons (Fsp3) is 1.00. The van der Waals surface area contributed by atoms with Crippen LogP contribution in [0.25, 0.3) is 0 Å². The lowest BCUT2D eigenvalue weighted by molar-refractivity contribution is -0.246. The average molecular weight is 379 g/mol. The number of rotatable bonds is 9. The molecular formula is C27H54. The van der Waals surface area contributed by atoms with Gasteiger partial charge >= 0.3 is 0 Å². The summed E-state index contributed by atoms with van der Waals surface area (Å²) in [7, 11) is 0. The molecule has 5 unspecified atom stereocenters. The average Bonchev–Trinajstić information content (AvgIpc) is 2.54. The van der Waals surface area contributed by atoms with Crippen LogP contribution in [-0.2, 0) is 0 Å². The van der Waals surface area contributed by atoms with Gasteiger partial charge in [-0.15, -0.1) is 0 Å². The summed E-state index contributed by atoms with van der Waals surface area (Å²) < 4.78 is 0. The van der Waals surface area contributed by atoms with Gasteiger partial charge in [0.1, 0.15) is 0 Å². The van der Waals surface area contributed by atoms with Crippen molar-refractivity contribution in [2.45, 2.75) is 116 Å². The van der Waals surface area contributed by atoms with Crippen molar-refractivity contribution in [2.24, 2.45) is 57.2 Å². The van der Waals surface area contributed by atoms with Crippen molar-refractivity contribution >= 4 is 0 Å². The lowest BCUT2D eigenvalue weighted by atomic mass is 9.32. The highest BCUT2D eigenvalue weighted by Gasteiger charge is 2.67. The molecule has 0 amide bonds. The third kappa shape index (κ3) is 4.30. The predicted octanol–water partition coefficient (Wildman–Crippen LogP) is 9.09. The van der Waals surface area contributed by atoms with Gasteiger partial charge in [0.15, 0.2) is 0 Å². The Morgan fingerprint density at radius 1 is 0.815 bits per heavy atom. The molecule has 1 aliphatic rings. The van der Waals surface area contributed by atoms with Gasteiger partial charge in [0, 0.05) is 0 Å². The Bertz CT molecular complexity index is 478. The van der Waals surface area contributed by atoms with Crippen LogP contribution in [-0.4, -0.2) is 0 Å². The van der Waals surface area contributed by atoms with Crippen molar-refractivity contribution in [3.8, 4) is 0 Å². The summed E-state index contributed by atoms with van der Waals surface area (Å²) in [6.07, 6.45) is 4.08. The molecule has 0 radical (unpaired) electrons. The maximum Gasteiger partial charge on any atom is -0.0190 e. The SMILES string of the molecule is CC(C)CCC(C)(C)CC(C(C)C)C(C)C(C)(C)C1(C)C(C)C(C)C1(C)C. The van der Waals surface area contributed by atoms with E-state index in [9.17, 15) is 0 Å². The molecule has 0 aromatic heterocycles. The number of hydrogen-bond donors (Lipinski definition) is 0. The van der Waals surface area contributed by atoms with E-state index in [-0.39, 0.29) is 0 Å². The summed E-state index contributed by atoms with van der Waals surface area (Å²) in [5.41, 5.74) is 1.59. The van der Waals surface area contributed by atoms with E-state index in [0.717, 1.165) is 35.5 Å². The van der Waals surface area contributed by atoms with E-state index in [1.807, 2.05) is 0 Å². The van der Waals surface area contributed by atoms with E-state index < -0.39 is 0 Å². The second kappa shape index (κ2) is 8.02. The summed E-state index contributed by atoms with van der Waals surface area (Å²) in [4.78, 5) is 0. The largest absolute Gasteiger partial charge is 0.0628 e. The molecule has 0 aromatic carbocycles. The minimum absolute atomic E-state index is 0.339. The molecule has 1 aliphatic carbocycles. The van der Waals surface area contributed by atoms with Crippen molar-refractivity contribution < 1.29 is 0 Å². The van der Waals surface area contributed by atoms with Crippen LogP contribution in [0.3, 0.4) is 0 Å². The van der Waals surface area contributed by atoms with Crippen LogP contribution in [0.1, 0.15) is 116 Å². The Morgan fingerprint density at radius 2 is 1.30 bits per heavy atom. The van der Waals surface area contributed by atoms with Gasteiger partial charge in [-0.1, -0.05) is 103 Å². The molecule has 1 rings (SSSR count). The van der Waals surface area contributed by atoms with E-state index in [2.05, 4.69) is 96.9 Å². The van der Waals surface area contributed by atoms with Gasteiger partial charge in [0.05, 0.1) is 0 Å². The van der Waals surface area contributed by atoms with Gasteiger partial charge in [-0.25, -0.2) is 0 Å². The maximum absolute atomic E-state index is 2.61. The first kappa shape index (κ1) is 25.0. The Labute approximate surface area is 173 Å². The second-order valence-corrected chi connectivity index (χ2v) is 13.2. The van der Waals surface area contributed by atoms with Gasteiger partial charge in [-0.2, -0.15) is 0 Å². The topological polar surface area (TPSA) is 0 Å². The van der Waals surface area contributed by atoms with Crippen molar-refractivity contribution in [2.75, 3.05) is 0 Å². The Balaban J connectivity index is 3.11. The van der Waals surface area contributed by atoms with Crippen LogP contribution < -0.4 is 0 Å². The van der Waals surface area contributed by atoms with Crippen LogP contribution in [0.2, 0.25) is 0 Å². The summed E-state index contributed by atoms with van der Waals surface area (Å²) >= 11 is 0. The van der Waals surface area contributed by atoms with Crippen molar-refractivity contribution in [1.82, 2.24) is 0 Å². The standard InChI is InChI=1S/C27H54/c1-18(2)15-16-24(8,9)17-23(19(3)4)22(7)26(12,13)27(14)21(6)20(5)25(27,10)11/h18-23H,15-17H2,1-14H3. The molecule has 162 valence electrons. The molecule has 0 heteroatoms. The number of hydrogen-bond acceptors (Lipinski definition) is 0. The summed E-state index contributed by atoms with van der Waals surface area (Å²) in [5, 5.41) is 0. The molecular weight excluding hydrogens is 324 g/mol. The van der Waals surface area contributed by atoms with Crippen molar-refractivity contribution in [3.63, 3.8) is 0 Å². The fourth-order valence-corrected chi connectivity index (χ4v) is 6.92. The van der Waals surface area contributed by atoms with Crippen LogP contribution in [0, 0.1) is 57.2 Å². The van der Waals surface area contributed by atoms with E-state index in [1.54, 1.807) is 0 Å². The molecule has 0 bridgehead atoms. The third-order valence-electron chi connectivity index (χ3n) is 10.3. The summed E-state index contributed by atoms with van der Waals surface area (Å²) in [6, 6.07) is 0. The van der Waals surface area contributed by atoms with Gasteiger partial charge in [0.25, 0.3) is 0 Å². The van der Waals surface area contributed by atoms with E-state index >= 15 is 0 Å². The van der Waals surface area contributed by atoms with E-state index in [0.29, 0.717) is 21.7 Å². The highest BCUT2D eigenvalue weighted by Crippen LogP contribution is 2.73. The quantitative estimate of drug-likeness (QED) is 0.375. The van der Waals surface area contributed by atoms with Gasteiger partial charge in [-0.3, -0.25) is 0 Å². The molecule has 0 heterocycles. The Morgan fingerprint density at radius 3 is 1.67 bits per heavy atom. The lowest BCUT2D eigenvalue weighted by Gasteiger charge is -2.72. The fourth-order valence-electron chi connectivity index (χ4n) is 6.92. The minimum atomic E-state index is 0.339. The minimum Gasteiger partial charge on any atom is -0.0628 e. The van der Waals surface area contributed by atoms with E-state index in [1.165, 1.54) is 19.3 Å². The van der Waals surface area contributed by atoms with Crippen molar-refractivity contribution in [3.05, 3.63) is 0 Å². The van der Waals surface area contributed by atoms with Crippen LogP contribution >= 0.6 is 0 Å². The molecule has 27 heavy (non-hydrogen) atoms. The highest BCUT2D eigenvalue weighted by atomic mass is 14.7. The first-order chi connectivity index (χ1) is 11.9. The smallest absolute Gasteiger partial charge is 0.0190 e. The molecule has 0 nitrogen and oxygen atoms in total. The van der Waals surface area contributed by atoms with Crippen LogP contribution in [0.15, 0.2) is 0 Å². The molecule has 0 N–H and O–H groups in total. The van der Waals surface area contributed by atoms with Crippen LogP contribution in [0.5, 0.6) is 0 Å². The Hall–Kier alpha value is 0. The van der Waals surface area contributed by atoms with Crippen LogP contribution in [0.4, 0.5) is 0 Å². The molecule has 0 aromatic rings. The highest BCUT2D eigenvalue weighted by molar-refractivity contribution is 5.15. The molecule has 0 aliphatic heterocycles. The zero-order valence-corrected chi connectivity index (χ0v) is 21.6. The second-order valence-electron chi connectivity index (χ2n) is 13.2. The third-order valence-corrected chi connectivity index (χ3v) is 10.3. The van der Waals surface area contributed by atoms with Gasteiger partial charge in [-0.05, 0) is 70.0 Å². The van der Waals surface area contributed by atoms with Gasteiger partial charge in [0.2, 0.25) is 0 Å². The molecule has 0 spiro atoms. The predicted molar refractivity (Wildman–Crippen MR) is 124 cm³/mol. The zero-order valence-electron chi connectivity index (χ0n) is 21.6. The monoisotopic (exact) mass is 378 g/mol. The molecule has 0 saturated heterocycles. The Kier molecular flexibility index (Phi) is 7.44.